The number of aliphatic imine (C=N–C) groups is 1. The first-order chi connectivity index (χ1) is 12.0. The van der Waals surface area contributed by atoms with Crippen LogP contribution >= 0.6 is 0 Å². The molecule has 3 rings (SSSR count). The molecule has 2 aromatic carbocycles. The highest BCUT2D eigenvalue weighted by molar-refractivity contribution is 6.23. The second kappa shape index (κ2) is 6.97. The Bertz CT molecular complexity index is 873. The fraction of sp³-hybridized carbons (Fsp3) is 0.200. The molecule has 25 heavy (non-hydrogen) atoms. The zero-order chi connectivity index (χ0) is 18.0. The maximum Gasteiger partial charge on any atom is 0.184 e. The van der Waals surface area contributed by atoms with Crippen molar-refractivity contribution in [1.82, 2.24) is 0 Å². The van der Waals surface area contributed by atoms with Gasteiger partial charge in [-0.3, -0.25) is 4.79 Å². The quantitative estimate of drug-likeness (QED) is 0.797. The van der Waals surface area contributed by atoms with Crippen LogP contribution in [0.3, 0.4) is 0 Å². The van der Waals surface area contributed by atoms with Crippen molar-refractivity contribution in [2.45, 2.75) is 25.7 Å². The summed E-state index contributed by atoms with van der Waals surface area (Å²) < 4.78 is 27.1. The molecule has 1 unspecified atom stereocenters. The van der Waals surface area contributed by atoms with Gasteiger partial charge in [0.15, 0.2) is 17.4 Å². The third kappa shape index (κ3) is 3.50. The maximum atomic E-state index is 13.8. The van der Waals surface area contributed by atoms with E-state index in [0.717, 1.165) is 11.6 Å². The predicted octanol–water partition coefficient (Wildman–Crippen LogP) is 5.02. The van der Waals surface area contributed by atoms with E-state index in [4.69, 9.17) is 0 Å². The zero-order valence-electron chi connectivity index (χ0n) is 13.7. The second-order valence-corrected chi connectivity index (χ2v) is 6.03. The predicted molar refractivity (Wildman–Crippen MR) is 92.2 cm³/mol. The summed E-state index contributed by atoms with van der Waals surface area (Å²) >= 11 is 0. The van der Waals surface area contributed by atoms with Gasteiger partial charge in [-0.1, -0.05) is 36.4 Å². The van der Waals surface area contributed by atoms with Crippen LogP contribution < -0.4 is 0 Å². The molecule has 0 heterocycles. The molecule has 0 aliphatic heterocycles. The van der Waals surface area contributed by atoms with E-state index in [1.807, 2.05) is 30.3 Å². The third-order valence-corrected chi connectivity index (χ3v) is 4.29. The number of aliphatic hydroxyl groups is 1. The first-order valence-corrected chi connectivity index (χ1v) is 7.97. The van der Waals surface area contributed by atoms with Crippen molar-refractivity contribution < 1.29 is 18.7 Å². The Morgan fingerprint density at radius 1 is 1.08 bits per heavy atom. The highest BCUT2D eigenvalue weighted by Crippen LogP contribution is 2.34. The minimum Gasteiger partial charge on any atom is -0.511 e. The van der Waals surface area contributed by atoms with Crippen LogP contribution in [-0.4, -0.2) is 16.6 Å². The number of benzene rings is 2. The Hall–Kier alpha value is -2.82. The van der Waals surface area contributed by atoms with Gasteiger partial charge in [0.25, 0.3) is 0 Å². The SMILES string of the molecule is CC(=Nc1cccc(F)c1F)C1=C(O)CC(c2ccccc2)CC1=O. The van der Waals surface area contributed by atoms with Crippen molar-refractivity contribution in [3.8, 4) is 0 Å². The second-order valence-electron chi connectivity index (χ2n) is 6.03. The van der Waals surface area contributed by atoms with E-state index in [2.05, 4.69) is 4.99 Å². The lowest BCUT2D eigenvalue weighted by atomic mass is 9.81. The fourth-order valence-corrected chi connectivity index (χ4v) is 3.08. The lowest BCUT2D eigenvalue weighted by Gasteiger charge is -2.23. The summed E-state index contributed by atoms with van der Waals surface area (Å²) in [5.41, 5.74) is 1.05. The van der Waals surface area contributed by atoms with Crippen molar-refractivity contribution in [3.05, 3.63) is 77.1 Å². The minimum atomic E-state index is -1.08. The van der Waals surface area contributed by atoms with Crippen LogP contribution in [0.5, 0.6) is 0 Å². The molecular formula is C20H17F2NO2. The van der Waals surface area contributed by atoms with E-state index in [1.54, 1.807) is 0 Å². The Labute approximate surface area is 144 Å². The van der Waals surface area contributed by atoms with Crippen LogP contribution in [0.25, 0.3) is 0 Å². The summed E-state index contributed by atoms with van der Waals surface area (Å²) in [6, 6.07) is 13.1. The normalized spacial score (nSPS) is 18.6. The van der Waals surface area contributed by atoms with Gasteiger partial charge in [-0.25, -0.2) is 13.8 Å². The first-order valence-electron chi connectivity index (χ1n) is 7.97. The number of rotatable bonds is 3. The monoisotopic (exact) mass is 341 g/mol. The van der Waals surface area contributed by atoms with Gasteiger partial charge >= 0.3 is 0 Å². The van der Waals surface area contributed by atoms with Gasteiger partial charge in [0.1, 0.15) is 11.4 Å². The maximum absolute atomic E-state index is 13.8. The minimum absolute atomic E-state index is 0.0665. The van der Waals surface area contributed by atoms with Gasteiger partial charge in [-0.05, 0) is 30.5 Å². The third-order valence-electron chi connectivity index (χ3n) is 4.29. The number of hydrogen-bond donors (Lipinski definition) is 1. The van der Waals surface area contributed by atoms with E-state index >= 15 is 0 Å². The van der Waals surface area contributed by atoms with Crippen LogP contribution in [0.1, 0.15) is 31.2 Å². The average Bonchev–Trinajstić information content (AvgIpc) is 2.59. The van der Waals surface area contributed by atoms with Gasteiger partial charge in [-0.2, -0.15) is 0 Å². The van der Waals surface area contributed by atoms with Crippen molar-refractivity contribution in [2.75, 3.05) is 0 Å². The van der Waals surface area contributed by atoms with Gasteiger partial charge in [-0.15, -0.1) is 0 Å². The van der Waals surface area contributed by atoms with E-state index in [1.165, 1.54) is 19.1 Å². The smallest absolute Gasteiger partial charge is 0.184 e. The molecule has 0 bridgehead atoms. The molecule has 3 nitrogen and oxygen atoms in total. The number of halogens is 2. The topological polar surface area (TPSA) is 49.7 Å². The summed E-state index contributed by atoms with van der Waals surface area (Å²) in [6.45, 7) is 1.51. The van der Waals surface area contributed by atoms with Gasteiger partial charge < -0.3 is 5.11 Å². The Balaban J connectivity index is 1.92. The lowest BCUT2D eigenvalue weighted by molar-refractivity contribution is -0.116. The Morgan fingerprint density at radius 2 is 1.80 bits per heavy atom. The molecule has 128 valence electrons. The largest absolute Gasteiger partial charge is 0.511 e. The molecule has 1 aliphatic rings. The molecule has 5 heteroatoms. The highest BCUT2D eigenvalue weighted by Gasteiger charge is 2.30. The standard InChI is InChI=1S/C20H17F2NO2/c1-12(23-16-9-5-8-15(21)20(16)22)19-17(24)10-14(11-18(19)25)13-6-3-2-4-7-13/h2-9,14,24H,10-11H2,1H3. The summed E-state index contributed by atoms with van der Waals surface area (Å²) in [7, 11) is 0. The molecule has 1 atom stereocenters. The number of carbonyl (C=O) groups excluding carboxylic acids is 1. The molecular weight excluding hydrogens is 324 g/mol. The van der Waals surface area contributed by atoms with Gasteiger partial charge in [0.05, 0.1) is 11.3 Å². The molecule has 0 saturated carbocycles. The molecule has 0 saturated heterocycles. The molecule has 2 aromatic rings. The molecule has 1 aliphatic carbocycles. The number of allylic oxidation sites excluding steroid dienone is 2. The van der Waals surface area contributed by atoms with Crippen molar-refractivity contribution in [1.29, 1.82) is 0 Å². The molecule has 0 fully saturated rings. The van der Waals surface area contributed by atoms with Crippen LogP contribution in [0.2, 0.25) is 0 Å². The number of ketones is 1. The van der Waals surface area contributed by atoms with E-state index < -0.39 is 11.6 Å². The van der Waals surface area contributed by atoms with E-state index in [-0.39, 0.29) is 40.9 Å². The van der Waals surface area contributed by atoms with Crippen LogP contribution in [0.15, 0.2) is 64.9 Å². The van der Waals surface area contributed by atoms with Crippen LogP contribution in [0, 0.1) is 11.6 Å². The Kier molecular flexibility index (Phi) is 4.74. The summed E-state index contributed by atoms with van der Waals surface area (Å²) in [4.78, 5) is 16.5. The van der Waals surface area contributed by atoms with Crippen molar-refractivity contribution in [3.63, 3.8) is 0 Å². The molecule has 0 aromatic heterocycles. The van der Waals surface area contributed by atoms with Gasteiger partial charge in [0, 0.05) is 12.8 Å². The van der Waals surface area contributed by atoms with Crippen molar-refractivity contribution in [2.24, 2.45) is 4.99 Å². The molecule has 1 N–H and O–H groups in total. The summed E-state index contributed by atoms with van der Waals surface area (Å²) in [6.07, 6.45) is 0.547. The lowest BCUT2D eigenvalue weighted by Crippen LogP contribution is -2.22. The number of Topliss-reactive ketones (excluding diaryl/α,β-unsaturated/α-hetero) is 1. The fourth-order valence-electron chi connectivity index (χ4n) is 3.08. The van der Waals surface area contributed by atoms with E-state index in [0.29, 0.717) is 6.42 Å². The number of nitrogens with zero attached hydrogens (tertiary/aromatic N) is 1. The van der Waals surface area contributed by atoms with Gasteiger partial charge in [0.2, 0.25) is 0 Å². The Morgan fingerprint density at radius 3 is 2.48 bits per heavy atom. The number of aliphatic hydroxyl groups excluding tert-OH is 1. The summed E-state index contributed by atoms with van der Waals surface area (Å²) in [5.74, 6) is -2.51. The number of carbonyl (C=O) groups is 1. The molecule has 0 amide bonds. The average molecular weight is 341 g/mol. The highest BCUT2D eigenvalue weighted by atomic mass is 19.2. The number of hydrogen-bond acceptors (Lipinski definition) is 3. The molecule has 0 spiro atoms. The van der Waals surface area contributed by atoms with E-state index in [9.17, 15) is 18.7 Å². The van der Waals surface area contributed by atoms with Crippen LogP contribution in [-0.2, 0) is 4.79 Å². The molecule has 0 radical (unpaired) electrons. The zero-order valence-corrected chi connectivity index (χ0v) is 13.7. The summed E-state index contributed by atoms with van der Waals surface area (Å²) in [5, 5.41) is 10.4. The van der Waals surface area contributed by atoms with Crippen molar-refractivity contribution >= 4 is 17.2 Å². The van der Waals surface area contributed by atoms with Crippen LogP contribution in [0.4, 0.5) is 14.5 Å². The first kappa shape index (κ1) is 17.0.